The van der Waals surface area contributed by atoms with Gasteiger partial charge in [0.2, 0.25) is 11.4 Å². The smallest absolute Gasteiger partial charge is 0.274 e. The van der Waals surface area contributed by atoms with Gasteiger partial charge in [-0.3, -0.25) is 20.2 Å². The van der Waals surface area contributed by atoms with E-state index in [1.807, 2.05) is 48.6 Å². The molecule has 4 heterocycles. The number of non-ortho nitro benzene ring substituents is 2. The van der Waals surface area contributed by atoms with Gasteiger partial charge in [0.25, 0.3) is 11.4 Å². The zero-order chi connectivity index (χ0) is 42.5. The molecule has 0 amide bonds. The standard InChI is InChI=1S/C46H40Br2N4O8/c1-43(2)33-11-7-9-13-37(33)49(45(43)17-15-27-19-31(51(53)54)23-39(57-5)41(27)59-45)25-29-21-36(48)30(22-35(29)47)26-50-38-14-10-8-12-34(38)44(3,4)46(50)18-16-28-20-32(52(55)56)24-40(58-6)42(28)60-46/h7-24H,25-26H2,1-6H3. The van der Waals surface area contributed by atoms with Crippen LogP contribution < -0.4 is 28.7 Å². The van der Waals surface area contributed by atoms with Crippen molar-refractivity contribution in [2.45, 2.75) is 63.1 Å². The fourth-order valence-corrected chi connectivity index (χ4v) is 10.5. The summed E-state index contributed by atoms with van der Waals surface area (Å²) in [5, 5.41) is 23.6. The van der Waals surface area contributed by atoms with Gasteiger partial charge in [-0.25, -0.2) is 0 Å². The molecule has 12 nitrogen and oxygen atoms in total. The van der Waals surface area contributed by atoms with Gasteiger partial charge < -0.3 is 28.7 Å². The van der Waals surface area contributed by atoms with Crippen molar-refractivity contribution >= 4 is 66.8 Å². The van der Waals surface area contributed by atoms with E-state index >= 15 is 0 Å². The van der Waals surface area contributed by atoms with Crippen LogP contribution >= 0.6 is 31.9 Å². The number of benzene rings is 5. The van der Waals surface area contributed by atoms with Crippen LogP contribution in [0.25, 0.3) is 12.2 Å². The molecule has 9 rings (SSSR count). The maximum atomic E-state index is 11.8. The van der Waals surface area contributed by atoms with E-state index in [2.05, 4.69) is 106 Å². The highest BCUT2D eigenvalue weighted by molar-refractivity contribution is 9.11. The van der Waals surface area contributed by atoms with Crippen molar-refractivity contribution in [3.63, 3.8) is 0 Å². The van der Waals surface area contributed by atoms with E-state index in [1.165, 1.54) is 38.5 Å². The summed E-state index contributed by atoms with van der Waals surface area (Å²) in [7, 11) is 2.97. The van der Waals surface area contributed by atoms with E-state index in [9.17, 15) is 20.2 Å². The minimum atomic E-state index is -1.03. The Hall–Kier alpha value is -5.86. The number of methoxy groups -OCH3 is 2. The molecule has 306 valence electrons. The molecule has 2 atom stereocenters. The van der Waals surface area contributed by atoms with Gasteiger partial charge in [0.05, 0.1) is 47.0 Å². The van der Waals surface area contributed by atoms with Gasteiger partial charge in [-0.05, 0) is 98.5 Å². The van der Waals surface area contributed by atoms with Crippen molar-refractivity contribution in [3.05, 3.63) is 160 Å². The van der Waals surface area contributed by atoms with Crippen LogP contribution in [0.5, 0.6) is 23.0 Å². The lowest BCUT2D eigenvalue weighted by atomic mass is 9.76. The van der Waals surface area contributed by atoms with Gasteiger partial charge >= 0.3 is 0 Å². The number of para-hydroxylation sites is 2. The number of hydrogen-bond donors (Lipinski definition) is 0. The first-order chi connectivity index (χ1) is 28.6. The Morgan fingerprint density at radius 2 is 1.00 bits per heavy atom. The summed E-state index contributed by atoms with van der Waals surface area (Å²) in [6, 6.07) is 26.6. The van der Waals surface area contributed by atoms with Crippen molar-refractivity contribution in [1.29, 1.82) is 0 Å². The van der Waals surface area contributed by atoms with Crippen molar-refractivity contribution in [2.75, 3.05) is 24.0 Å². The van der Waals surface area contributed by atoms with Crippen LogP contribution in [0.1, 0.15) is 61.1 Å². The van der Waals surface area contributed by atoms with Gasteiger partial charge in [0.15, 0.2) is 23.0 Å². The number of ether oxygens (including phenoxy) is 4. The summed E-state index contributed by atoms with van der Waals surface area (Å²) < 4.78 is 27.3. The fourth-order valence-electron chi connectivity index (χ4n) is 9.46. The molecule has 0 fully saturated rings. The number of rotatable bonds is 8. The molecule has 60 heavy (non-hydrogen) atoms. The van der Waals surface area contributed by atoms with E-state index in [4.69, 9.17) is 18.9 Å². The predicted molar refractivity (Wildman–Crippen MR) is 237 cm³/mol. The van der Waals surface area contributed by atoms with Crippen LogP contribution in [-0.2, 0) is 23.9 Å². The molecule has 0 radical (unpaired) electrons. The molecule has 0 saturated carbocycles. The van der Waals surface area contributed by atoms with E-state index < -0.39 is 32.1 Å². The van der Waals surface area contributed by atoms with E-state index in [0.29, 0.717) is 35.7 Å². The molecule has 0 bridgehead atoms. The lowest BCUT2D eigenvalue weighted by Crippen LogP contribution is -2.59. The first-order valence-corrected chi connectivity index (χ1v) is 20.9. The summed E-state index contributed by atoms with van der Waals surface area (Å²) in [6.45, 7) is 9.47. The van der Waals surface area contributed by atoms with E-state index in [0.717, 1.165) is 42.6 Å². The maximum absolute atomic E-state index is 11.8. The van der Waals surface area contributed by atoms with Crippen LogP contribution in [0.15, 0.2) is 106 Å². The summed E-state index contributed by atoms with van der Waals surface area (Å²) in [5.41, 5.74) is 3.94. The van der Waals surface area contributed by atoms with E-state index in [1.54, 1.807) is 0 Å². The van der Waals surface area contributed by atoms with Gasteiger partial charge in [-0.15, -0.1) is 0 Å². The highest BCUT2D eigenvalue weighted by Gasteiger charge is 2.61. The highest BCUT2D eigenvalue weighted by atomic mass is 79.9. The van der Waals surface area contributed by atoms with Crippen LogP contribution in [-0.4, -0.2) is 35.5 Å². The second-order valence-corrected chi connectivity index (χ2v) is 18.1. The number of nitrogens with zero attached hydrogens (tertiary/aromatic N) is 4. The molecule has 4 aliphatic heterocycles. The lowest BCUT2D eigenvalue weighted by Gasteiger charge is -2.47. The van der Waals surface area contributed by atoms with Gasteiger partial charge in [-0.1, -0.05) is 68.3 Å². The Bertz CT molecular complexity index is 2550. The van der Waals surface area contributed by atoms with Crippen LogP contribution in [0.2, 0.25) is 0 Å². The Morgan fingerprint density at radius 3 is 1.37 bits per heavy atom. The fraction of sp³-hybridized carbons (Fsp3) is 0.261. The number of halogens is 2. The predicted octanol–water partition coefficient (Wildman–Crippen LogP) is 11.2. The molecular weight excluding hydrogens is 896 g/mol. The van der Waals surface area contributed by atoms with Crippen LogP contribution in [0.4, 0.5) is 22.7 Å². The Labute approximate surface area is 363 Å². The first kappa shape index (κ1) is 39.6. The Kier molecular flexibility index (Phi) is 9.14. The third-order valence-corrected chi connectivity index (χ3v) is 14.2. The van der Waals surface area contributed by atoms with Gasteiger partial charge in [0, 0.05) is 56.7 Å². The molecule has 0 saturated heterocycles. The summed E-state index contributed by atoms with van der Waals surface area (Å²) in [4.78, 5) is 27.2. The minimum Gasteiger partial charge on any atom is -0.493 e. The minimum absolute atomic E-state index is 0.0803. The summed E-state index contributed by atoms with van der Waals surface area (Å²) in [6.07, 6.45) is 7.80. The molecule has 14 heteroatoms. The zero-order valence-electron chi connectivity index (χ0n) is 33.6. The first-order valence-electron chi connectivity index (χ1n) is 19.3. The van der Waals surface area contributed by atoms with Crippen LogP contribution in [0.3, 0.4) is 0 Å². The van der Waals surface area contributed by atoms with Crippen LogP contribution in [0, 0.1) is 20.2 Å². The van der Waals surface area contributed by atoms with E-state index in [-0.39, 0.29) is 22.9 Å². The third-order valence-electron chi connectivity index (χ3n) is 12.7. The summed E-state index contributed by atoms with van der Waals surface area (Å²) >= 11 is 7.93. The quantitative estimate of drug-likeness (QED) is 0.109. The zero-order valence-corrected chi connectivity index (χ0v) is 36.8. The molecule has 2 unspecified atom stereocenters. The second-order valence-electron chi connectivity index (χ2n) is 16.4. The summed E-state index contributed by atoms with van der Waals surface area (Å²) in [5.74, 6) is 1.44. The normalized spacial score (nSPS) is 20.9. The number of hydrogen-bond acceptors (Lipinski definition) is 10. The average Bonchev–Trinajstić information content (AvgIpc) is 3.52. The van der Waals surface area contributed by atoms with Crippen molar-refractivity contribution in [3.8, 4) is 23.0 Å². The third kappa shape index (κ3) is 5.59. The second kappa shape index (κ2) is 13.8. The monoisotopic (exact) mass is 934 g/mol. The molecular formula is C46H40Br2N4O8. The number of anilines is 2. The Balaban J connectivity index is 1.10. The Morgan fingerprint density at radius 1 is 0.617 bits per heavy atom. The molecule has 0 aromatic heterocycles. The van der Waals surface area contributed by atoms with Crippen molar-refractivity contribution < 1.29 is 28.8 Å². The molecule has 5 aromatic carbocycles. The molecule has 4 aliphatic rings. The van der Waals surface area contributed by atoms with Crippen molar-refractivity contribution in [1.82, 2.24) is 0 Å². The number of nitro benzene ring substituents is 2. The largest absolute Gasteiger partial charge is 0.493 e. The number of nitro groups is 2. The maximum Gasteiger partial charge on any atom is 0.274 e. The number of fused-ring (bicyclic) bond motifs is 4. The SMILES string of the molecule is COc1cc([N+](=O)[O-])cc2c1OC1(C=C2)N(Cc2cc(Br)c(CN3c4ccccc4C(C)(C)C34C=Cc3cc([N+](=O)[O-])cc(OC)c3O4)cc2Br)c2ccccc2C1(C)C. The van der Waals surface area contributed by atoms with Crippen molar-refractivity contribution in [2.24, 2.45) is 0 Å². The average molecular weight is 937 g/mol. The van der Waals surface area contributed by atoms with Gasteiger partial charge in [0.1, 0.15) is 0 Å². The molecule has 2 spiro atoms. The molecule has 0 aliphatic carbocycles. The highest BCUT2D eigenvalue weighted by Crippen LogP contribution is 2.59. The lowest BCUT2D eigenvalue weighted by molar-refractivity contribution is -0.385. The molecule has 5 aromatic rings. The molecule has 0 N–H and O–H groups in total. The van der Waals surface area contributed by atoms with Gasteiger partial charge in [-0.2, -0.15) is 0 Å². The topological polar surface area (TPSA) is 130 Å².